The van der Waals surface area contributed by atoms with Crippen LogP contribution in [-0.4, -0.2) is 25.7 Å². The number of aromatic amines is 1. The van der Waals surface area contributed by atoms with Gasteiger partial charge in [0.1, 0.15) is 5.56 Å². The van der Waals surface area contributed by atoms with Gasteiger partial charge in [0.25, 0.3) is 5.56 Å². The summed E-state index contributed by atoms with van der Waals surface area (Å²) in [5, 5.41) is 11.8. The molecule has 0 aliphatic heterocycles. The first kappa shape index (κ1) is 12.9. The number of aryl methyl sites for hydroxylation is 1. The lowest BCUT2D eigenvalue weighted by Crippen LogP contribution is -2.25. The van der Waals surface area contributed by atoms with Gasteiger partial charge in [0.2, 0.25) is 0 Å². The second-order valence-corrected chi connectivity index (χ2v) is 5.40. The zero-order valence-corrected chi connectivity index (χ0v) is 11.3. The maximum atomic E-state index is 12.6. The molecule has 1 aliphatic rings. The van der Waals surface area contributed by atoms with E-state index in [1.165, 1.54) is 17.1 Å². The molecule has 0 bridgehead atoms. The molecule has 2 aromatic rings. The van der Waals surface area contributed by atoms with Crippen molar-refractivity contribution in [3.63, 3.8) is 0 Å². The van der Waals surface area contributed by atoms with Crippen molar-refractivity contribution in [3.05, 3.63) is 33.4 Å². The molecule has 1 fully saturated rings. The van der Waals surface area contributed by atoms with E-state index in [9.17, 15) is 9.59 Å². The minimum absolute atomic E-state index is 0.0281. The van der Waals surface area contributed by atoms with Crippen molar-refractivity contribution in [2.24, 2.45) is 0 Å². The summed E-state index contributed by atoms with van der Waals surface area (Å²) < 4.78 is 1.25. The Hall–Kier alpha value is -2.11. The van der Waals surface area contributed by atoms with Gasteiger partial charge in [-0.3, -0.25) is 9.89 Å². The van der Waals surface area contributed by atoms with E-state index < -0.39 is 5.97 Å². The number of nitrogens with one attached hydrogen (secondary N) is 1. The predicted molar refractivity (Wildman–Crippen MR) is 73.3 cm³/mol. The molecule has 3 rings (SSSR count). The molecule has 6 nitrogen and oxygen atoms in total. The number of hydrogen-bond donors (Lipinski definition) is 2. The van der Waals surface area contributed by atoms with Crippen molar-refractivity contribution >= 4 is 11.6 Å². The van der Waals surface area contributed by atoms with Crippen LogP contribution in [0.4, 0.5) is 0 Å². The third-order valence-electron chi connectivity index (χ3n) is 4.13. The van der Waals surface area contributed by atoms with Gasteiger partial charge >= 0.3 is 5.97 Å². The maximum absolute atomic E-state index is 12.6. The molecule has 0 aromatic carbocycles. The minimum Gasteiger partial charge on any atom is -0.477 e. The highest BCUT2D eigenvalue weighted by Gasteiger charge is 2.24. The zero-order chi connectivity index (χ0) is 14.3. The van der Waals surface area contributed by atoms with Crippen LogP contribution in [0.1, 0.15) is 59.6 Å². The number of fused-ring (bicyclic) bond motifs is 1. The van der Waals surface area contributed by atoms with E-state index >= 15 is 0 Å². The minimum atomic E-state index is -1.08. The highest BCUT2D eigenvalue weighted by Crippen LogP contribution is 2.32. The molecule has 0 atom stereocenters. The summed E-state index contributed by atoms with van der Waals surface area (Å²) in [6, 6.07) is 0. The standard InChI is InChI=1S/C14H17N3O3/c1-8-11(9-5-3-2-4-6-9)13(18)17-12(16-8)10(7-15-17)14(19)20/h7,9,15H,2-6H2,1H3,(H,19,20). The van der Waals surface area contributed by atoms with E-state index in [0.29, 0.717) is 5.69 Å². The monoisotopic (exact) mass is 275 g/mol. The SMILES string of the molecule is Cc1nc2c(C(=O)O)c[nH]n2c(=O)c1C1CCCCC1. The summed E-state index contributed by atoms with van der Waals surface area (Å²) in [5.74, 6) is -0.835. The third-order valence-corrected chi connectivity index (χ3v) is 4.13. The van der Waals surface area contributed by atoms with Crippen LogP contribution in [0.2, 0.25) is 0 Å². The van der Waals surface area contributed by atoms with Crippen molar-refractivity contribution in [2.75, 3.05) is 0 Å². The highest BCUT2D eigenvalue weighted by molar-refractivity contribution is 5.94. The Morgan fingerprint density at radius 1 is 1.40 bits per heavy atom. The first-order valence-electron chi connectivity index (χ1n) is 6.93. The van der Waals surface area contributed by atoms with Crippen LogP contribution in [0.3, 0.4) is 0 Å². The number of aromatic nitrogens is 3. The van der Waals surface area contributed by atoms with Gasteiger partial charge in [-0.05, 0) is 25.7 Å². The van der Waals surface area contributed by atoms with E-state index in [2.05, 4.69) is 10.1 Å². The number of carboxylic acids is 1. The van der Waals surface area contributed by atoms with Crippen LogP contribution in [0.15, 0.2) is 11.0 Å². The molecule has 2 aromatic heterocycles. The van der Waals surface area contributed by atoms with Crippen molar-refractivity contribution in [2.45, 2.75) is 44.9 Å². The summed E-state index contributed by atoms with van der Waals surface area (Å²) in [7, 11) is 0. The highest BCUT2D eigenvalue weighted by atomic mass is 16.4. The molecule has 0 unspecified atom stereocenters. The smallest absolute Gasteiger partial charge is 0.341 e. The Balaban J connectivity index is 2.19. The van der Waals surface area contributed by atoms with Crippen LogP contribution >= 0.6 is 0 Å². The summed E-state index contributed by atoms with van der Waals surface area (Å²) in [6.07, 6.45) is 6.83. The average molecular weight is 275 g/mol. The first-order valence-corrected chi connectivity index (χ1v) is 6.93. The fourth-order valence-corrected chi connectivity index (χ4v) is 3.15. The lowest BCUT2D eigenvalue weighted by molar-refractivity contribution is 0.0699. The number of aromatic carboxylic acids is 1. The van der Waals surface area contributed by atoms with Gasteiger partial charge in [-0.15, -0.1) is 0 Å². The zero-order valence-electron chi connectivity index (χ0n) is 11.3. The average Bonchev–Trinajstić information content (AvgIpc) is 2.84. The summed E-state index contributed by atoms with van der Waals surface area (Å²) >= 11 is 0. The quantitative estimate of drug-likeness (QED) is 0.878. The molecule has 0 spiro atoms. The van der Waals surface area contributed by atoms with Crippen LogP contribution in [0, 0.1) is 6.92 Å². The second kappa shape index (κ2) is 4.77. The number of nitrogens with zero attached hydrogens (tertiary/aromatic N) is 2. The van der Waals surface area contributed by atoms with Gasteiger partial charge in [-0.1, -0.05) is 19.3 Å². The van der Waals surface area contributed by atoms with Crippen LogP contribution in [0.25, 0.3) is 5.65 Å². The molecule has 2 N–H and O–H groups in total. The number of carbonyl (C=O) groups is 1. The number of rotatable bonds is 2. The fraction of sp³-hybridized carbons (Fsp3) is 0.500. The largest absolute Gasteiger partial charge is 0.477 e. The van der Waals surface area contributed by atoms with Gasteiger partial charge in [-0.25, -0.2) is 14.3 Å². The van der Waals surface area contributed by atoms with E-state index in [-0.39, 0.29) is 22.7 Å². The molecule has 20 heavy (non-hydrogen) atoms. The molecule has 0 saturated heterocycles. The first-order chi connectivity index (χ1) is 9.59. The Kier molecular flexibility index (Phi) is 3.08. The fourth-order valence-electron chi connectivity index (χ4n) is 3.15. The van der Waals surface area contributed by atoms with E-state index in [0.717, 1.165) is 31.2 Å². The molecular formula is C14H17N3O3. The van der Waals surface area contributed by atoms with Gasteiger partial charge in [0.05, 0.1) is 0 Å². The second-order valence-electron chi connectivity index (χ2n) is 5.40. The van der Waals surface area contributed by atoms with Gasteiger partial charge in [0, 0.05) is 17.5 Å². The molecule has 2 heterocycles. The normalized spacial score (nSPS) is 16.6. The van der Waals surface area contributed by atoms with Crippen LogP contribution < -0.4 is 5.56 Å². The maximum Gasteiger partial charge on any atom is 0.341 e. The Bertz CT molecular complexity index is 723. The topological polar surface area (TPSA) is 87.5 Å². The predicted octanol–water partition coefficient (Wildman–Crippen LogP) is 2.08. The van der Waals surface area contributed by atoms with E-state index in [1.54, 1.807) is 6.92 Å². The van der Waals surface area contributed by atoms with Crippen molar-refractivity contribution in [3.8, 4) is 0 Å². The molecule has 0 radical (unpaired) electrons. The number of carboxylic acid groups (broad SMARTS) is 1. The number of hydrogen-bond acceptors (Lipinski definition) is 3. The summed E-state index contributed by atoms with van der Waals surface area (Å²) in [6.45, 7) is 1.80. The van der Waals surface area contributed by atoms with Gasteiger partial charge in [-0.2, -0.15) is 0 Å². The van der Waals surface area contributed by atoms with Gasteiger partial charge < -0.3 is 5.11 Å². The summed E-state index contributed by atoms with van der Waals surface area (Å²) in [4.78, 5) is 28.0. The Labute approximate surface area is 115 Å². The van der Waals surface area contributed by atoms with E-state index in [1.807, 2.05) is 0 Å². The molecule has 1 saturated carbocycles. The third kappa shape index (κ3) is 1.92. The number of H-pyrrole nitrogens is 1. The molecule has 0 amide bonds. The van der Waals surface area contributed by atoms with Gasteiger partial charge in [0.15, 0.2) is 5.65 Å². The van der Waals surface area contributed by atoms with E-state index in [4.69, 9.17) is 5.11 Å². The Morgan fingerprint density at radius 3 is 2.75 bits per heavy atom. The molecular weight excluding hydrogens is 258 g/mol. The lowest BCUT2D eigenvalue weighted by Gasteiger charge is -2.22. The van der Waals surface area contributed by atoms with Crippen LogP contribution in [-0.2, 0) is 0 Å². The summed E-state index contributed by atoms with van der Waals surface area (Å²) in [5.41, 5.74) is 1.46. The van der Waals surface area contributed by atoms with Crippen molar-refractivity contribution in [1.82, 2.24) is 14.6 Å². The Morgan fingerprint density at radius 2 is 2.10 bits per heavy atom. The lowest BCUT2D eigenvalue weighted by atomic mass is 9.84. The van der Waals surface area contributed by atoms with Crippen molar-refractivity contribution < 1.29 is 9.90 Å². The molecule has 6 heteroatoms. The van der Waals surface area contributed by atoms with Crippen molar-refractivity contribution in [1.29, 1.82) is 0 Å². The molecule has 106 valence electrons. The molecule has 1 aliphatic carbocycles. The van der Waals surface area contributed by atoms with Crippen LogP contribution in [0.5, 0.6) is 0 Å².